The molecule has 5 N–H and O–H groups in total. The minimum Gasteiger partial charge on any atom is -0.330 e. The fraction of sp³-hybridized carbons (Fsp3) is 0.385. The fourth-order valence-electron chi connectivity index (χ4n) is 1.86. The number of benzene rings is 1. The van der Waals surface area contributed by atoms with Crippen molar-refractivity contribution < 1.29 is 4.79 Å². The smallest absolute Gasteiger partial charge is 0.323 e. The van der Waals surface area contributed by atoms with Crippen LogP contribution in [0.3, 0.4) is 0 Å². The number of H-pyrrole nitrogens is 2. The summed E-state index contributed by atoms with van der Waals surface area (Å²) in [7, 11) is 0. The van der Waals surface area contributed by atoms with Crippen molar-refractivity contribution in [3.8, 4) is 0 Å². The van der Waals surface area contributed by atoms with Crippen LogP contribution in [0.4, 0.5) is 5.69 Å². The van der Waals surface area contributed by atoms with Crippen molar-refractivity contribution in [2.24, 2.45) is 11.7 Å². The molecule has 1 unspecified atom stereocenters. The molecule has 20 heavy (non-hydrogen) atoms. The van der Waals surface area contributed by atoms with Gasteiger partial charge in [0.05, 0.1) is 16.7 Å². The van der Waals surface area contributed by atoms with Crippen LogP contribution in [-0.4, -0.2) is 22.4 Å². The highest BCUT2D eigenvalue weighted by Crippen LogP contribution is 2.26. The molecule has 0 aliphatic carbocycles. The van der Waals surface area contributed by atoms with Gasteiger partial charge in [0.25, 0.3) is 0 Å². The van der Waals surface area contributed by atoms with Gasteiger partial charge >= 0.3 is 5.69 Å². The molecule has 0 aliphatic heterocycles. The molecule has 0 saturated carbocycles. The van der Waals surface area contributed by atoms with E-state index in [2.05, 4.69) is 31.2 Å². The Labute approximate surface area is 124 Å². The summed E-state index contributed by atoms with van der Waals surface area (Å²) in [5.41, 5.74) is 7.24. The van der Waals surface area contributed by atoms with Crippen molar-refractivity contribution in [2.75, 3.05) is 11.9 Å². The Morgan fingerprint density at radius 1 is 1.40 bits per heavy atom. The van der Waals surface area contributed by atoms with Crippen molar-refractivity contribution in [3.05, 3.63) is 27.1 Å². The van der Waals surface area contributed by atoms with Crippen LogP contribution >= 0.6 is 15.9 Å². The maximum absolute atomic E-state index is 11.9. The molecule has 0 fully saturated rings. The highest BCUT2D eigenvalue weighted by Gasteiger charge is 2.10. The largest absolute Gasteiger partial charge is 0.330 e. The summed E-state index contributed by atoms with van der Waals surface area (Å²) in [6.45, 7) is 2.59. The number of aromatic nitrogens is 2. The molecular formula is C13H17BrN4O2. The predicted octanol–water partition coefficient (Wildman–Crippen LogP) is 1.93. The number of imidazole rings is 1. The van der Waals surface area contributed by atoms with Gasteiger partial charge in [-0.1, -0.05) is 6.92 Å². The van der Waals surface area contributed by atoms with Crippen molar-refractivity contribution in [3.63, 3.8) is 0 Å². The number of nitrogens with one attached hydrogen (secondary N) is 3. The van der Waals surface area contributed by atoms with Gasteiger partial charge in [-0.2, -0.15) is 0 Å². The number of anilines is 1. The average molecular weight is 341 g/mol. The van der Waals surface area contributed by atoms with Gasteiger partial charge in [0.15, 0.2) is 0 Å². The number of fused-ring (bicyclic) bond motifs is 1. The zero-order chi connectivity index (χ0) is 14.7. The molecule has 0 saturated heterocycles. The number of rotatable bonds is 5. The zero-order valence-corrected chi connectivity index (χ0v) is 12.7. The Morgan fingerprint density at radius 2 is 2.05 bits per heavy atom. The summed E-state index contributed by atoms with van der Waals surface area (Å²) in [6, 6.07) is 3.48. The molecule has 1 atom stereocenters. The van der Waals surface area contributed by atoms with E-state index in [9.17, 15) is 9.59 Å². The molecule has 7 heteroatoms. The lowest BCUT2D eigenvalue weighted by atomic mass is 10.1. The number of nitrogens with two attached hydrogens (primary N) is 1. The highest BCUT2D eigenvalue weighted by molar-refractivity contribution is 9.10. The van der Waals surface area contributed by atoms with Gasteiger partial charge in [-0.3, -0.25) is 4.79 Å². The second-order valence-electron chi connectivity index (χ2n) is 4.88. The lowest BCUT2D eigenvalue weighted by Gasteiger charge is -2.10. The molecule has 108 valence electrons. The standard InChI is InChI=1S/C13H17BrN4O2/c1-7(6-15)2-3-12(19)16-9-5-11-10(4-8(9)14)17-13(20)18-11/h4-5,7H,2-3,6,15H2,1H3,(H,16,19)(H2,17,18,20). The van der Waals surface area contributed by atoms with Crippen molar-refractivity contribution >= 4 is 38.6 Å². The third-order valence-corrected chi connectivity index (χ3v) is 3.80. The number of carbonyl (C=O) groups excluding carboxylic acids is 1. The second kappa shape index (κ2) is 6.23. The van der Waals surface area contributed by atoms with Gasteiger partial charge in [-0.05, 0) is 46.9 Å². The number of amides is 1. The SMILES string of the molecule is CC(CN)CCC(=O)Nc1cc2[nH]c(=O)[nH]c2cc1Br. The number of carbonyl (C=O) groups is 1. The lowest BCUT2D eigenvalue weighted by Crippen LogP contribution is -2.16. The molecular weight excluding hydrogens is 324 g/mol. The molecule has 2 rings (SSSR count). The Morgan fingerprint density at radius 3 is 2.70 bits per heavy atom. The maximum Gasteiger partial charge on any atom is 0.323 e. The third-order valence-electron chi connectivity index (χ3n) is 3.14. The van der Waals surface area contributed by atoms with Gasteiger partial charge < -0.3 is 21.0 Å². The first-order valence-corrected chi connectivity index (χ1v) is 7.20. The molecule has 0 bridgehead atoms. The van der Waals surface area contributed by atoms with Crippen LogP contribution in [-0.2, 0) is 4.79 Å². The lowest BCUT2D eigenvalue weighted by molar-refractivity contribution is -0.116. The molecule has 1 amide bonds. The van der Waals surface area contributed by atoms with Crippen LogP contribution in [0.25, 0.3) is 11.0 Å². The van der Waals surface area contributed by atoms with Gasteiger partial charge in [0.1, 0.15) is 0 Å². The molecule has 1 aromatic heterocycles. The fourth-order valence-corrected chi connectivity index (χ4v) is 2.30. The van der Waals surface area contributed by atoms with Crippen molar-refractivity contribution in [2.45, 2.75) is 19.8 Å². The van der Waals surface area contributed by atoms with Crippen LogP contribution in [0.15, 0.2) is 21.4 Å². The van der Waals surface area contributed by atoms with E-state index in [4.69, 9.17) is 5.73 Å². The summed E-state index contributed by atoms with van der Waals surface area (Å²) in [6.07, 6.45) is 1.18. The van der Waals surface area contributed by atoms with E-state index in [1.807, 2.05) is 6.92 Å². The molecule has 2 aromatic rings. The van der Waals surface area contributed by atoms with Crippen LogP contribution in [0.2, 0.25) is 0 Å². The summed E-state index contributed by atoms with van der Waals surface area (Å²) in [5.74, 6) is 0.260. The van der Waals surface area contributed by atoms with Crippen LogP contribution in [0, 0.1) is 5.92 Å². The number of hydrogen-bond donors (Lipinski definition) is 4. The normalized spacial score (nSPS) is 12.6. The van der Waals surface area contributed by atoms with Gasteiger partial charge in [-0.15, -0.1) is 0 Å². The van der Waals surface area contributed by atoms with Gasteiger partial charge in [0.2, 0.25) is 5.91 Å². The van der Waals surface area contributed by atoms with Crippen LogP contribution in [0.1, 0.15) is 19.8 Å². The van der Waals surface area contributed by atoms with E-state index in [0.29, 0.717) is 35.6 Å². The van der Waals surface area contributed by atoms with E-state index in [-0.39, 0.29) is 11.6 Å². The maximum atomic E-state index is 11.9. The zero-order valence-electron chi connectivity index (χ0n) is 11.1. The number of hydrogen-bond acceptors (Lipinski definition) is 3. The molecule has 0 radical (unpaired) electrons. The van der Waals surface area contributed by atoms with E-state index in [1.54, 1.807) is 12.1 Å². The monoisotopic (exact) mass is 340 g/mol. The van der Waals surface area contributed by atoms with Gasteiger partial charge in [0, 0.05) is 10.9 Å². The summed E-state index contributed by atoms with van der Waals surface area (Å²) in [5, 5.41) is 2.83. The average Bonchev–Trinajstić information content (AvgIpc) is 2.75. The summed E-state index contributed by atoms with van der Waals surface area (Å²) < 4.78 is 0.723. The minimum atomic E-state index is -0.271. The topological polar surface area (TPSA) is 104 Å². The highest BCUT2D eigenvalue weighted by atomic mass is 79.9. The first-order valence-electron chi connectivity index (χ1n) is 6.41. The van der Waals surface area contributed by atoms with E-state index in [1.165, 1.54) is 0 Å². The molecule has 0 aliphatic rings. The number of halogens is 1. The van der Waals surface area contributed by atoms with Crippen molar-refractivity contribution in [1.82, 2.24) is 9.97 Å². The van der Waals surface area contributed by atoms with E-state index >= 15 is 0 Å². The van der Waals surface area contributed by atoms with E-state index in [0.717, 1.165) is 10.9 Å². The molecule has 1 aromatic carbocycles. The van der Waals surface area contributed by atoms with Crippen LogP contribution in [0.5, 0.6) is 0 Å². The summed E-state index contributed by atoms with van der Waals surface area (Å²) >= 11 is 3.38. The molecule has 1 heterocycles. The first-order chi connectivity index (χ1) is 9.49. The molecule has 6 nitrogen and oxygen atoms in total. The first kappa shape index (κ1) is 14.8. The third kappa shape index (κ3) is 3.49. The van der Waals surface area contributed by atoms with Crippen LogP contribution < -0.4 is 16.7 Å². The predicted molar refractivity (Wildman–Crippen MR) is 82.7 cm³/mol. The second-order valence-corrected chi connectivity index (χ2v) is 5.74. The Hall–Kier alpha value is -1.60. The Kier molecular flexibility index (Phi) is 4.61. The number of aromatic amines is 2. The Bertz CT molecular complexity index is 677. The minimum absolute atomic E-state index is 0.0665. The van der Waals surface area contributed by atoms with Crippen molar-refractivity contribution in [1.29, 1.82) is 0 Å². The Balaban J connectivity index is 2.10. The quantitative estimate of drug-likeness (QED) is 0.668. The summed E-state index contributed by atoms with van der Waals surface area (Å²) in [4.78, 5) is 28.4. The van der Waals surface area contributed by atoms with E-state index < -0.39 is 0 Å². The molecule has 0 spiro atoms. The van der Waals surface area contributed by atoms with Gasteiger partial charge in [-0.25, -0.2) is 4.79 Å².